The van der Waals surface area contributed by atoms with Gasteiger partial charge in [-0.15, -0.1) is 0 Å². The van der Waals surface area contributed by atoms with E-state index < -0.39 is 38.5 Å². The molecule has 29 heavy (non-hydrogen) atoms. The number of ether oxygens (including phenoxy) is 2. The normalized spacial score (nSPS) is 42.8. The number of carbonyl (C=O) groups is 1. The van der Waals surface area contributed by atoms with Crippen LogP contribution in [0.15, 0.2) is 0 Å². The van der Waals surface area contributed by atoms with E-state index in [2.05, 4.69) is 4.18 Å². The van der Waals surface area contributed by atoms with E-state index in [1.54, 1.807) is 6.92 Å². The molecule has 6 nitrogen and oxygen atoms in total. The second-order valence-electron chi connectivity index (χ2n) is 9.13. The van der Waals surface area contributed by atoms with Crippen LogP contribution in [0, 0.1) is 22.7 Å². The van der Waals surface area contributed by atoms with E-state index in [-0.39, 0.29) is 30.5 Å². The highest BCUT2D eigenvalue weighted by atomic mass is 32.2. The number of carbonyl (C=O) groups excluding carboxylic acids is 1. The molecule has 3 fully saturated rings. The molecule has 3 aliphatic rings. The summed E-state index contributed by atoms with van der Waals surface area (Å²) < 4.78 is 78.3. The minimum atomic E-state index is -5.84. The van der Waals surface area contributed by atoms with Gasteiger partial charge in [0.25, 0.3) is 0 Å². The summed E-state index contributed by atoms with van der Waals surface area (Å²) in [6.45, 7) is 7.84. The minimum absolute atomic E-state index is 0.0181. The topological polar surface area (TPSA) is 78.9 Å². The van der Waals surface area contributed by atoms with Crippen LogP contribution in [0.25, 0.3) is 0 Å². The van der Waals surface area contributed by atoms with Crippen LogP contribution >= 0.6 is 0 Å². The molecular weight excluding hydrogens is 413 g/mol. The van der Waals surface area contributed by atoms with Crippen molar-refractivity contribution in [2.45, 2.75) is 77.0 Å². The summed E-state index contributed by atoms with van der Waals surface area (Å²) in [5, 5.41) is 0. The summed E-state index contributed by atoms with van der Waals surface area (Å²) in [4.78, 5) is 13.0. The van der Waals surface area contributed by atoms with Crippen LogP contribution in [0.3, 0.4) is 0 Å². The average molecular weight is 442 g/mol. The zero-order valence-electron chi connectivity index (χ0n) is 17.2. The predicted molar refractivity (Wildman–Crippen MR) is 97.1 cm³/mol. The lowest BCUT2D eigenvalue weighted by atomic mass is 9.44. The van der Waals surface area contributed by atoms with E-state index in [0.717, 1.165) is 6.42 Å². The molecule has 2 aliphatic carbocycles. The summed E-state index contributed by atoms with van der Waals surface area (Å²) in [5.41, 5.74) is -7.79. The number of hydrogen-bond donors (Lipinski definition) is 0. The van der Waals surface area contributed by atoms with E-state index >= 15 is 0 Å². The van der Waals surface area contributed by atoms with E-state index in [1.165, 1.54) is 6.92 Å². The lowest BCUT2D eigenvalue weighted by molar-refractivity contribution is -0.204. The largest absolute Gasteiger partial charge is 0.523 e. The zero-order chi connectivity index (χ0) is 21.9. The van der Waals surface area contributed by atoms with Gasteiger partial charge in [0.05, 0.1) is 23.7 Å². The molecule has 0 spiro atoms. The van der Waals surface area contributed by atoms with Gasteiger partial charge >= 0.3 is 21.6 Å². The maximum absolute atomic E-state index is 13.0. The SMILES string of the molecule is CCOC(=O)[C@@]1(C)[C@@H](OS(=O)(=O)C(F)(F)F)CC[C@@]2(C)[C@H]1CC[C@@]1(C)OCC[C@H]21. The Hall–Kier alpha value is -0.870. The van der Waals surface area contributed by atoms with Crippen LogP contribution in [-0.4, -0.2) is 44.8 Å². The molecule has 3 rings (SSSR count). The zero-order valence-corrected chi connectivity index (χ0v) is 18.0. The van der Waals surface area contributed by atoms with Gasteiger partial charge in [-0.1, -0.05) is 6.92 Å². The molecule has 6 atom stereocenters. The Bertz CT molecular complexity index is 768. The molecule has 0 aromatic rings. The fraction of sp³-hybridized carbons (Fsp3) is 0.947. The Morgan fingerprint density at radius 3 is 2.34 bits per heavy atom. The standard InChI is InChI=1S/C19H29F3O6S/c1-5-26-15(23)18(4)13-6-10-17(3)12(8-11-27-17)16(13,2)9-7-14(18)28-29(24,25)19(20,21)22/h12-14H,5-11H2,1-4H3/t12-,13-,14+,16-,17-,18-/m1/s1. The minimum Gasteiger partial charge on any atom is -0.465 e. The number of esters is 1. The Morgan fingerprint density at radius 2 is 1.76 bits per heavy atom. The van der Waals surface area contributed by atoms with Gasteiger partial charge in [-0.25, -0.2) is 0 Å². The first-order valence-electron chi connectivity index (χ1n) is 10.0. The van der Waals surface area contributed by atoms with Gasteiger partial charge in [-0.3, -0.25) is 8.98 Å². The molecule has 1 saturated heterocycles. The highest BCUT2D eigenvalue weighted by molar-refractivity contribution is 7.87. The van der Waals surface area contributed by atoms with Crippen LogP contribution in [0.4, 0.5) is 13.2 Å². The van der Waals surface area contributed by atoms with Crippen LogP contribution in [0.5, 0.6) is 0 Å². The number of halogens is 3. The smallest absolute Gasteiger partial charge is 0.465 e. The lowest BCUT2D eigenvalue weighted by Gasteiger charge is -2.61. The van der Waals surface area contributed by atoms with Gasteiger partial charge in [-0.2, -0.15) is 21.6 Å². The van der Waals surface area contributed by atoms with Crippen molar-refractivity contribution in [2.24, 2.45) is 22.7 Å². The predicted octanol–water partition coefficient (Wildman–Crippen LogP) is 3.80. The third-order valence-electron chi connectivity index (χ3n) is 7.68. The summed E-state index contributed by atoms with van der Waals surface area (Å²) in [5.74, 6) is -0.959. The highest BCUT2D eigenvalue weighted by Crippen LogP contribution is 2.65. The van der Waals surface area contributed by atoms with E-state index in [1.807, 2.05) is 13.8 Å². The van der Waals surface area contributed by atoms with Gasteiger partial charge in [0.2, 0.25) is 0 Å². The van der Waals surface area contributed by atoms with Gasteiger partial charge in [-0.05, 0) is 70.1 Å². The second kappa shape index (κ2) is 7.09. The summed E-state index contributed by atoms with van der Waals surface area (Å²) >= 11 is 0. The maximum atomic E-state index is 13.0. The quantitative estimate of drug-likeness (QED) is 0.374. The van der Waals surface area contributed by atoms with Crippen molar-refractivity contribution in [1.29, 1.82) is 0 Å². The van der Waals surface area contributed by atoms with E-state index in [9.17, 15) is 26.4 Å². The van der Waals surface area contributed by atoms with Crippen molar-refractivity contribution in [1.82, 2.24) is 0 Å². The number of alkyl halides is 3. The Balaban J connectivity index is 2.03. The van der Waals surface area contributed by atoms with Crippen LogP contribution in [0.2, 0.25) is 0 Å². The first-order chi connectivity index (χ1) is 13.2. The molecule has 0 bridgehead atoms. The van der Waals surface area contributed by atoms with Crippen LogP contribution in [0.1, 0.15) is 59.8 Å². The fourth-order valence-corrected chi connectivity index (χ4v) is 7.02. The number of fused-ring (bicyclic) bond motifs is 3. The van der Waals surface area contributed by atoms with Gasteiger partial charge in [0.1, 0.15) is 0 Å². The van der Waals surface area contributed by atoms with Crippen molar-refractivity contribution in [3.05, 3.63) is 0 Å². The first-order valence-corrected chi connectivity index (χ1v) is 11.4. The molecule has 0 radical (unpaired) electrons. The first kappa shape index (κ1) is 22.8. The van der Waals surface area contributed by atoms with Gasteiger partial charge in [0, 0.05) is 6.61 Å². The summed E-state index contributed by atoms with van der Waals surface area (Å²) in [7, 11) is -5.84. The average Bonchev–Trinajstić information content (AvgIpc) is 3.00. The third kappa shape index (κ3) is 3.39. The molecule has 0 aromatic heterocycles. The monoisotopic (exact) mass is 442 g/mol. The third-order valence-corrected chi connectivity index (χ3v) is 8.73. The highest BCUT2D eigenvalue weighted by Gasteiger charge is 2.67. The molecule has 0 amide bonds. The maximum Gasteiger partial charge on any atom is 0.523 e. The van der Waals surface area contributed by atoms with Crippen molar-refractivity contribution < 1.29 is 40.0 Å². The van der Waals surface area contributed by atoms with Crippen LogP contribution in [-0.2, 0) is 28.6 Å². The lowest BCUT2D eigenvalue weighted by Crippen LogP contribution is -2.63. The molecule has 0 aromatic carbocycles. The van der Waals surface area contributed by atoms with E-state index in [4.69, 9.17) is 9.47 Å². The van der Waals surface area contributed by atoms with E-state index in [0.29, 0.717) is 25.9 Å². The molecule has 10 heteroatoms. The Kier molecular flexibility index (Phi) is 5.57. The van der Waals surface area contributed by atoms with Gasteiger partial charge < -0.3 is 9.47 Å². The molecule has 1 heterocycles. The molecule has 1 aliphatic heterocycles. The Labute approximate surface area is 169 Å². The second-order valence-corrected chi connectivity index (χ2v) is 10.7. The molecular formula is C19H29F3O6S. The van der Waals surface area contributed by atoms with Crippen LogP contribution < -0.4 is 0 Å². The molecule has 0 unspecified atom stereocenters. The van der Waals surface area contributed by atoms with Crippen molar-refractivity contribution >= 4 is 16.1 Å². The fourth-order valence-electron chi connectivity index (χ4n) is 6.31. The van der Waals surface area contributed by atoms with Gasteiger partial charge in [0.15, 0.2) is 0 Å². The van der Waals surface area contributed by atoms with Crippen molar-refractivity contribution in [3.8, 4) is 0 Å². The summed E-state index contributed by atoms with van der Waals surface area (Å²) in [6, 6.07) is 0. The number of rotatable bonds is 4. The number of hydrogen-bond acceptors (Lipinski definition) is 6. The summed E-state index contributed by atoms with van der Waals surface area (Å²) in [6.07, 6.45) is 1.00. The molecule has 2 saturated carbocycles. The molecule has 0 N–H and O–H groups in total. The van der Waals surface area contributed by atoms with Crippen molar-refractivity contribution in [3.63, 3.8) is 0 Å². The molecule has 168 valence electrons. The Morgan fingerprint density at radius 1 is 1.10 bits per heavy atom. The van der Waals surface area contributed by atoms with Crippen molar-refractivity contribution in [2.75, 3.05) is 13.2 Å².